The fraction of sp³-hybridized carbons (Fsp3) is 0.529. The number of urea groups is 1. The molecule has 1 aromatic carbocycles. The Morgan fingerprint density at radius 1 is 1.29 bits per heavy atom. The Morgan fingerprint density at radius 3 is 2.71 bits per heavy atom. The molecule has 2 rings (SSSR count). The number of nitrogens with zero attached hydrogens (tertiary/aromatic N) is 1. The van der Waals surface area contributed by atoms with Crippen LogP contribution in [0.25, 0.3) is 0 Å². The van der Waals surface area contributed by atoms with E-state index < -0.39 is 12.1 Å². The molecule has 2 atom stereocenters. The van der Waals surface area contributed by atoms with Gasteiger partial charge < -0.3 is 25.8 Å². The minimum atomic E-state index is -0.504. The summed E-state index contributed by atoms with van der Waals surface area (Å²) in [4.78, 5) is 25.0. The first-order valence-corrected chi connectivity index (χ1v) is 8.21. The van der Waals surface area contributed by atoms with Gasteiger partial charge in [0.2, 0.25) is 0 Å². The molecule has 1 fully saturated rings. The van der Waals surface area contributed by atoms with Gasteiger partial charge in [-0.25, -0.2) is 9.59 Å². The van der Waals surface area contributed by atoms with Crippen LogP contribution in [0.15, 0.2) is 30.3 Å². The number of piperidine rings is 1. The molecule has 0 radical (unpaired) electrons. The number of hydrogen-bond acceptors (Lipinski definition) is 4. The van der Waals surface area contributed by atoms with Crippen LogP contribution in [0.4, 0.5) is 9.59 Å². The Labute approximate surface area is 141 Å². The van der Waals surface area contributed by atoms with Gasteiger partial charge in [-0.15, -0.1) is 0 Å². The van der Waals surface area contributed by atoms with Gasteiger partial charge in [0.1, 0.15) is 6.61 Å². The number of aliphatic hydroxyl groups excluding tert-OH is 1. The Bertz CT molecular complexity index is 538. The lowest BCUT2D eigenvalue weighted by Crippen LogP contribution is -2.54. The Balaban J connectivity index is 1.84. The van der Waals surface area contributed by atoms with E-state index in [9.17, 15) is 9.59 Å². The van der Waals surface area contributed by atoms with E-state index in [2.05, 4.69) is 5.32 Å². The number of primary amides is 1. The van der Waals surface area contributed by atoms with Crippen LogP contribution >= 0.6 is 0 Å². The molecule has 4 N–H and O–H groups in total. The van der Waals surface area contributed by atoms with Crippen molar-refractivity contribution in [1.29, 1.82) is 0 Å². The monoisotopic (exact) mass is 335 g/mol. The van der Waals surface area contributed by atoms with Crippen LogP contribution in [0.1, 0.15) is 24.8 Å². The highest BCUT2D eigenvalue weighted by Gasteiger charge is 2.30. The van der Waals surface area contributed by atoms with Crippen LogP contribution in [-0.4, -0.2) is 47.9 Å². The molecule has 7 heteroatoms. The highest BCUT2D eigenvalue weighted by Crippen LogP contribution is 2.21. The predicted molar refractivity (Wildman–Crippen MR) is 89.1 cm³/mol. The van der Waals surface area contributed by atoms with Crippen molar-refractivity contribution in [2.75, 3.05) is 19.7 Å². The molecule has 0 saturated carbocycles. The lowest BCUT2D eigenvalue weighted by atomic mass is 9.90. The maximum Gasteiger partial charge on any atom is 0.407 e. The molecule has 1 heterocycles. The second-order valence-electron chi connectivity index (χ2n) is 6.11. The fourth-order valence-electron chi connectivity index (χ4n) is 3.01. The maximum atomic E-state index is 12.0. The van der Waals surface area contributed by atoms with Crippen molar-refractivity contribution in [1.82, 2.24) is 10.2 Å². The van der Waals surface area contributed by atoms with Crippen LogP contribution in [0, 0.1) is 5.92 Å². The number of carbonyl (C=O) groups is 2. The standard InChI is InChI=1S/C17H25N3O4/c18-16(22)20-10-14(7-4-8-21)9-15(11-20)19-17(23)24-12-13-5-2-1-3-6-13/h1-3,5-6,14-15,21H,4,7-12H2,(H2,18,22)(H,19,23). The van der Waals surface area contributed by atoms with E-state index in [1.807, 2.05) is 30.3 Å². The first-order chi connectivity index (χ1) is 11.6. The van der Waals surface area contributed by atoms with Gasteiger partial charge in [0.25, 0.3) is 0 Å². The number of benzene rings is 1. The van der Waals surface area contributed by atoms with Crippen molar-refractivity contribution in [3.8, 4) is 0 Å². The van der Waals surface area contributed by atoms with Gasteiger partial charge in [0.15, 0.2) is 0 Å². The SMILES string of the molecule is NC(=O)N1CC(CCCO)CC(NC(=O)OCc2ccccc2)C1. The van der Waals surface area contributed by atoms with Crippen molar-refractivity contribution in [3.63, 3.8) is 0 Å². The summed E-state index contributed by atoms with van der Waals surface area (Å²) in [6, 6.07) is 8.74. The van der Waals surface area contributed by atoms with Gasteiger partial charge in [0, 0.05) is 19.7 Å². The van der Waals surface area contributed by atoms with Gasteiger partial charge in [-0.05, 0) is 30.7 Å². The topological polar surface area (TPSA) is 105 Å². The first kappa shape index (κ1) is 18.1. The summed E-state index contributed by atoms with van der Waals surface area (Å²) < 4.78 is 5.22. The van der Waals surface area contributed by atoms with Crippen molar-refractivity contribution in [3.05, 3.63) is 35.9 Å². The number of amides is 3. The van der Waals surface area contributed by atoms with Gasteiger partial charge in [-0.1, -0.05) is 30.3 Å². The summed E-state index contributed by atoms with van der Waals surface area (Å²) in [7, 11) is 0. The first-order valence-electron chi connectivity index (χ1n) is 8.21. The molecular weight excluding hydrogens is 310 g/mol. The molecule has 0 spiro atoms. The molecule has 1 saturated heterocycles. The molecule has 7 nitrogen and oxygen atoms in total. The van der Waals surface area contributed by atoms with Gasteiger partial charge in [-0.2, -0.15) is 0 Å². The van der Waals surface area contributed by atoms with Gasteiger partial charge in [-0.3, -0.25) is 0 Å². The van der Waals surface area contributed by atoms with Crippen LogP contribution in [0.2, 0.25) is 0 Å². The van der Waals surface area contributed by atoms with Crippen LogP contribution in [-0.2, 0) is 11.3 Å². The zero-order valence-electron chi connectivity index (χ0n) is 13.7. The highest BCUT2D eigenvalue weighted by atomic mass is 16.5. The molecule has 1 aliphatic rings. The molecule has 3 amide bonds. The smallest absolute Gasteiger partial charge is 0.407 e. The van der Waals surface area contributed by atoms with Gasteiger partial charge >= 0.3 is 12.1 Å². The molecule has 0 aromatic heterocycles. The summed E-state index contributed by atoms with van der Waals surface area (Å²) in [5.41, 5.74) is 6.29. The van der Waals surface area contributed by atoms with E-state index in [4.69, 9.17) is 15.6 Å². The van der Waals surface area contributed by atoms with E-state index in [0.29, 0.717) is 19.5 Å². The molecule has 1 aliphatic heterocycles. The molecule has 2 unspecified atom stereocenters. The zero-order chi connectivity index (χ0) is 17.4. The van der Waals surface area contributed by atoms with E-state index in [1.165, 1.54) is 4.90 Å². The second-order valence-corrected chi connectivity index (χ2v) is 6.11. The largest absolute Gasteiger partial charge is 0.445 e. The number of nitrogens with two attached hydrogens (primary N) is 1. The normalized spacial score (nSPS) is 20.5. The van der Waals surface area contributed by atoms with Crippen molar-refractivity contribution < 1.29 is 19.4 Å². The number of ether oxygens (including phenoxy) is 1. The molecule has 1 aromatic rings. The van der Waals surface area contributed by atoms with Crippen molar-refractivity contribution in [2.24, 2.45) is 11.7 Å². The summed E-state index contributed by atoms with van der Waals surface area (Å²) >= 11 is 0. The average molecular weight is 335 g/mol. The lowest BCUT2D eigenvalue weighted by molar-refractivity contribution is 0.114. The maximum absolute atomic E-state index is 12.0. The number of carbonyl (C=O) groups excluding carboxylic acids is 2. The molecule has 24 heavy (non-hydrogen) atoms. The number of hydrogen-bond donors (Lipinski definition) is 3. The van der Waals surface area contributed by atoms with E-state index >= 15 is 0 Å². The fourth-order valence-corrected chi connectivity index (χ4v) is 3.01. The predicted octanol–water partition coefficient (Wildman–Crippen LogP) is 1.45. The Hall–Kier alpha value is -2.28. The van der Waals surface area contributed by atoms with Crippen LogP contribution in [0.3, 0.4) is 0 Å². The quantitative estimate of drug-likeness (QED) is 0.732. The number of nitrogens with one attached hydrogen (secondary N) is 1. The van der Waals surface area contributed by atoms with Crippen LogP contribution in [0.5, 0.6) is 0 Å². The van der Waals surface area contributed by atoms with Crippen LogP contribution < -0.4 is 11.1 Å². The van der Waals surface area contributed by atoms with Crippen molar-refractivity contribution in [2.45, 2.75) is 31.9 Å². The van der Waals surface area contributed by atoms with Crippen molar-refractivity contribution >= 4 is 12.1 Å². The minimum Gasteiger partial charge on any atom is -0.445 e. The third-order valence-electron chi connectivity index (χ3n) is 4.15. The van der Waals surface area contributed by atoms with E-state index in [-0.39, 0.29) is 25.2 Å². The summed E-state index contributed by atoms with van der Waals surface area (Å²) in [5.74, 6) is 0.206. The average Bonchev–Trinajstić information content (AvgIpc) is 2.59. The number of rotatable bonds is 6. The zero-order valence-corrected chi connectivity index (χ0v) is 13.7. The van der Waals surface area contributed by atoms with E-state index in [0.717, 1.165) is 18.4 Å². The van der Waals surface area contributed by atoms with E-state index in [1.54, 1.807) is 0 Å². The number of aliphatic hydroxyl groups is 1. The Kier molecular flexibility index (Phi) is 6.87. The molecule has 0 bridgehead atoms. The summed E-state index contributed by atoms with van der Waals surface area (Å²) in [6.45, 7) is 1.26. The summed E-state index contributed by atoms with van der Waals surface area (Å²) in [6.07, 6.45) is 1.69. The second kappa shape index (κ2) is 9.12. The molecular formula is C17H25N3O4. The lowest BCUT2D eigenvalue weighted by Gasteiger charge is -2.37. The summed E-state index contributed by atoms with van der Waals surface area (Å²) in [5, 5.41) is 11.8. The molecule has 0 aliphatic carbocycles. The number of alkyl carbamates (subject to hydrolysis) is 1. The molecule has 132 valence electrons. The van der Waals surface area contributed by atoms with Gasteiger partial charge in [0.05, 0.1) is 6.04 Å². The number of likely N-dealkylation sites (tertiary alicyclic amines) is 1. The minimum absolute atomic E-state index is 0.115. The highest BCUT2D eigenvalue weighted by molar-refractivity contribution is 5.72. The third kappa shape index (κ3) is 5.73. The Morgan fingerprint density at radius 2 is 2.04 bits per heavy atom. The third-order valence-corrected chi connectivity index (χ3v) is 4.15.